The molecule has 0 saturated carbocycles. The van der Waals surface area contributed by atoms with Gasteiger partial charge in [0.25, 0.3) is 0 Å². The van der Waals surface area contributed by atoms with Gasteiger partial charge in [0.05, 0.1) is 11.4 Å². The number of benzene rings is 2. The van der Waals surface area contributed by atoms with Crippen molar-refractivity contribution in [2.75, 3.05) is 27.3 Å². The van der Waals surface area contributed by atoms with Crippen molar-refractivity contribution in [3.05, 3.63) is 71.1 Å². The van der Waals surface area contributed by atoms with E-state index in [1.165, 1.54) is 16.8 Å². The number of nitrogens with zero attached hydrogens (tertiary/aromatic N) is 4. The summed E-state index contributed by atoms with van der Waals surface area (Å²) >= 11 is 0. The van der Waals surface area contributed by atoms with Gasteiger partial charge in [0.2, 0.25) is 10.0 Å². The Balaban J connectivity index is 1.96. The lowest BCUT2D eigenvalue weighted by molar-refractivity contribution is 0.177. The van der Waals surface area contributed by atoms with Crippen LogP contribution in [0.1, 0.15) is 29.2 Å². The lowest BCUT2D eigenvalue weighted by atomic mass is 10.1. The van der Waals surface area contributed by atoms with E-state index in [-0.39, 0.29) is 10.6 Å². The second kappa shape index (κ2) is 10.3. The smallest absolute Gasteiger partial charge is 0.238 e. The van der Waals surface area contributed by atoms with Gasteiger partial charge in [-0.3, -0.25) is 4.90 Å². The number of rotatable bonds is 10. The van der Waals surface area contributed by atoms with E-state index in [0.717, 1.165) is 30.2 Å². The number of halogens is 1. The number of nitrogens with two attached hydrogens (primary N) is 1. The van der Waals surface area contributed by atoms with Crippen LogP contribution in [0.25, 0.3) is 5.69 Å². The molecule has 0 aliphatic rings. The first-order chi connectivity index (χ1) is 15.2. The van der Waals surface area contributed by atoms with Crippen LogP contribution in [0.2, 0.25) is 0 Å². The zero-order valence-corrected chi connectivity index (χ0v) is 19.3. The fourth-order valence-corrected chi connectivity index (χ4v) is 3.93. The first-order valence-electron chi connectivity index (χ1n) is 10.2. The standard InChI is InChI=1S/C22H28FN5O3S/c1-16-6-4-7-17(12-16)13-22-25-21(15-27(2)10-5-11-31-3)26-28(22)20-9-8-18(14-19(20)23)32(24,29)30/h4,6-9,12,14H,5,10-11,13,15H2,1-3H3,(H2,24,29,30). The summed E-state index contributed by atoms with van der Waals surface area (Å²) in [5.41, 5.74) is 2.23. The van der Waals surface area contributed by atoms with Crippen LogP contribution in [0.5, 0.6) is 0 Å². The minimum Gasteiger partial charge on any atom is -0.385 e. The molecular weight excluding hydrogens is 433 g/mol. The quantitative estimate of drug-likeness (QED) is 0.465. The van der Waals surface area contributed by atoms with E-state index < -0.39 is 15.8 Å². The Kier molecular flexibility index (Phi) is 7.73. The molecule has 0 fully saturated rings. The first-order valence-corrected chi connectivity index (χ1v) is 11.7. The Morgan fingerprint density at radius 1 is 1.22 bits per heavy atom. The number of primary sulfonamides is 1. The Labute approximate surface area is 187 Å². The zero-order valence-electron chi connectivity index (χ0n) is 18.5. The molecular formula is C22H28FN5O3S. The van der Waals surface area contributed by atoms with Crippen molar-refractivity contribution in [1.29, 1.82) is 0 Å². The highest BCUT2D eigenvalue weighted by atomic mass is 32.2. The van der Waals surface area contributed by atoms with Crippen LogP contribution in [-0.2, 0) is 27.7 Å². The van der Waals surface area contributed by atoms with Crippen molar-refractivity contribution in [3.8, 4) is 5.69 Å². The highest BCUT2D eigenvalue weighted by Gasteiger charge is 2.18. The zero-order chi connectivity index (χ0) is 23.3. The molecule has 8 nitrogen and oxygen atoms in total. The lowest BCUT2D eigenvalue weighted by Gasteiger charge is -2.13. The molecule has 0 amide bonds. The molecule has 3 rings (SSSR count). The summed E-state index contributed by atoms with van der Waals surface area (Å²) in [6.07, 6.45) is 1.31. The summed E-state index contributed by atoms with van der Waals surface area (Å²) in [5.74, 6) is 0.354. The third-order valence-electron chi connectivity index (χ3n) is 4.94. The highest BCUT2D eigenvalue weighted by Crippen LogP contribution is 2.21. The molecule has 32 heavy (non-hydrogen) atoms. The van der Waals surface area contributed by atoms with E-state index in [0.29, 0.717) is 31.2 Å². The Morgan fingerprint density at radius 2 is 2.00 bits per heavy atom. The average Bonchev–Trinajstić information content (AvgIpc) is 3.09. The maximum absolute atomic E-state index is 14.9. The van der Waals surface area contributed by atoms with Crippen molar-refractivity contribution in [2.24, 2.45) is 5.14 Å². The number of aromatic nitrogens is 3. The molecule has 0 spiro atoms. The van der Waals surface area contributed by atoms with Crippen LogP contribution < -0.4 is 5.14 Å². The van der Waals surface area contributed by atoms with Gasteiger partial charge in [-0.05, 0) is 44.2 Å². The van der Waals surface area contributed by atoms with Crippen LogP contribution in [0, 0.1) is 12.7 Å². The van der Waals surface area contributed by atoms with E-state index in [9.17, 15) is 12.8 Å². The molecule has 2 aromatic carbocycles. The van der Waals surface area contributed by atoms with Gasteiger partial charge in [0.15, 0.2) is 5.82 Å². The van der Waals surface area contributed by atoms with Gasteiger partial charge in [-0.15, -0.1) is 5.10 Å². The van der Waals surface area contributed by atoms with Gasteiger partial charge in [-0.1, -0.05) is 29.8 Å². The topological polar surface area (TPSA) is 103 Å². The minimum atomic E-state index is -4.01. The first kappa shape index (κ1) is 24.0. The number of hydrogen-bond donors (Lipinski definition) is 1. The Morgan fingerprint density at radius 3 is 2.66 bits per heavy atom. The SMILES string of the molecule is COCCCN(C)Cc1nc(Cc2cccc(C)c2)n(-c2ccc(S(N)(=O)=O)cc2F)n1. The largest absolute Gasteiger partial charge is 0.385 e. The van der Waals surface area contributed by atoms with Crippen molar-refractivity contribution in [3.63, 3.8) is 0 Å². The molecule has 1 heterocycles. The maximum atomic E-state index is 14.9. The number of sulfonamides is 1. The number of methoxy groups -OCH3 is 1. The molecule has 0 aliphatic heterocycles. The van der Waals surface area contributed by atoms with E-state index in [2.05, 4.69) is 15.0 Å². The molecule has 10 heteroatoms. The molecule has 2 N–H and O–H groups in total. The van der Waals surface area contributed by atoms with E-state index in [1.54, 1.807) is 7.11 Å². The Bertz CT molecular complexity index is 1180. The van der Waals surface area contributed by atoms with Crippen LogP contribution >= 0.6 is 0 Å². The monoisotopic (exact) mass is 461 g/mol. The molecule has 3 aromatic rings. The molecule has 0 atom stereocenters. The molecule has 0 saturated heterocycles. The maximum Gasteiger partial charge on any atom is 0.238 e. The fourth-order valence-electron chi connectivity index (χ4n) is 3.41. The van der Waals surface area contributed by atoms with Crippen molar-refractivity contribution >= 4 is 10.0 Å². The third-order valence-corrected chi connectivity index (χ3v) is 5.85. The van der Waals surface area contributed by atoms with Gasteiger partial charge in [-0.25, -0.2) is 27.6 Å². The lowest BCUT2D eigenvalue weighted by Crippen LogP contribution is -2.21. The van der Waals surface area contributed by atoms with Crippen molar-refractivity contribution < 1.29 is 17.5 Å². The summed E-state index contributed by atoms with van der Waals surface area (Å²) in [5, 5.41) is 9.66. The number of ether oxygens (including phenoxy) is 1. The average molecular weight is 462 g/mol. The van der Waals surface area contributed by atoms with Crippen LogP contribution in [-0.4, -0.2) is 55.4 Å². The molecule has 0 aliphatic carbocycles. The second-order valence-corrected chi connectivity index (χ2v) is 9.33. The van der Waals surface area contributed by atoms with Crippen LogP contribution in [0.4, 0.5) is 4.39 Å². The van der Waals surface area contributed by atoms with E-state index in [1.807, 2.05) is 38.2 Å². The van der Waals surface area contributed by atoms with E-state index in [4.69, 9.17) is 9.88 Å². The summed E-state index contributed by atoms with van der Waals surface area (Å²) < 4.78 is 44.6. The minimum absolute atomic E-state index is 0.112. The molecule has 1 aromatic heterocycles. The predicted molar refractivity (Wildman–Crippen MR) is 120 cm³/mol. The molecule has 0 bridgehead atoms. The second-order valence-electron chi connectivity index (χ2n) is 7.76. The van der Waals surface area contributed by atoms with Crippen molar-refractivity contribution in [1.82, 2.24) is 19.7 Å². The third kappa shape index (κ3) is 6.19. The number of aryl methyl sites for hydroxylation is 1. The molecule has 0 unspecified atom stereocenters. The summed E-state index contributed by atoms with van der Waals surface area (Å²) in [6.45, 7) is 3.94. The fraction of sp³-hybridized carbons (Fsp3) is 0.364. The van der Waals surface area contributed by atoms with Crippen LogP contribution in [0.15, 0.2) is 47.4 Å². The molecule has 0 radical (unpaired) electrons. The van der Waals surface area contributed by atoms with Gasteiger partial charge in [0.1, 0.15) is 17.3 Å². The van der Waals surface area contributed by atoms with Crippen LogP contribution in [0.3, 0.4) is 0 Å². The number of hydrogen-bond acceptors (Lipinski definition) is 6. The normalized spacial score (nSPS) is 11.9. The van der Waals surface area contributed by atoms with Gasteiger partial charge < -0.3 is 4.74 Å². The van der Waals surface area contributed by atoms with Crippen molar-refractivity contribution in [2.45, 2.75) is 31.2 Å². The van der Waals surface area contributed by atoms with Gasteiger partial charge >= 0.3 is 0 Å². The van der Waals surface area contributed by atoms with Gasteiger partial charge in [0, 0.05) is 26.7 Å². The summed E-state index contributed by atoms with van der Waals surface area (Å²) in [6, 6.07) is 11.5. The summed E-state index contributed by atoms with van der Waals surface area (Å²) in [7, 11) is -0.392. The summed E-state index contributed by atoms with van der Waals surface area (Å²) in [4.78, 5) is 6.43. The Hall–Kier alpha value is -2.66. The predicted octanol–water partition coefficient (Wildman–Crippen LogP) is 2.42. The van der Waals surface area contributed by atoms with Gasteiger partial charge in [-0.2, -0.15) is 0 Å². The highest BCUT2D eigenvalue weighted by molar-refractivity contribution is 7.89. The molecule has 172 valence electrons. The van der Waals surface area contributed by atoms with E-state index >= 15 is 0 Å².